The molecule has 1 aliphatic rings. The topological polar surface area (TPSA) is 38.5 Å². The van der Waals surface area contributed by atoms with Gasteiger partial charge in [-0.05, 0) is 47.0 Å². The zero-order chi connectivity index (χ0) is 11.5. The van der Waals surface area contributed by atoms with Crippen LogP contribution in [0.2, 0.25) is 0 Å². The molecule has 88 valence electrons. The molecule has 0 aromatic heterocycles. The Morgan fingerprint density at radius 2 is 2.38 bits per heavy atom. The second kappa shape index (κ2) is 5.17. The first-order valence-electron chi connectivity index (χ1n) is 5.53. The Balaban J connectivity index is 2.08. The maximum atomic E-state index is 5.11. The number of benzene rings is 1. The van der Waals surface area contributed by atoms with Crippen LogP contribution in [-0.4, -0.2) is 19.7 Å². The van der Waals surface area contributed by atoms with E-state index in [9.17, 15) is 0 Å². The summed E-state index contributed by atoms with van der Waals surface area (Å²) in [5.74, 6) is 5.67. The summed E-state index contributed by atoms with van der Waals surface area (Å²) in [5, 5.41) is 0. The Labute approximate surface area is 105 Å². The molecule has 1 unspecified atom stereocenters. The Morgan fingerprint density at radius 1 is 1.56 bits per heavy atom. The average Bonchev–Trinajstić information content (AvgIpc) is 2.67. The highest BCUT2D eigenvalue weighted by Gasteiger charge is 2.23. The molecule has 1 aromatic carbocycles. The maximum absolute atomic E-state index is 5.11. The van der Waals surface area contributed by atoms with E-state index in [1.165, 1.54) is 15.7 Å². The summed E-state index contributed by atoms with van der Waals surface area (Å²) in [6, 6.07) is 6.47. The van der Waals surface area contributed by atoms with Crippen molar-refractivity contribution in [1.29, 1.82) is 0 Å². The molecule has 1 atom stereocenters. The molecule has 1 aliphatic heterocycles. The fourth-order valence-corrected chi connectivity index (χ4v) is 2.94. The molecule has 0 spiro atoms. The quantitative estimate of drug-likeness (QED) is 0.867. The van der Waals surface area contributed by atoms with Crippen molar-refractivity contribution in [1.82, 2.24) is 0 Å². The van der Waals surface area contributed by atoms with E-state index in [0.717, 1.165) is 19.5 Å². The molecular weight excluding hydrogens is 268 g/mol. The van der Waals surface area contributed by atoms with E-state index in [2.05, 4.69) is 46.0 Å². The van der Waals surface area contributed by atoms with Crippen molar-refractivity contribution in [2.75, 3.05) is 24.6 Å². The number of aryl methyl sites for hydroxylation is 1. The van der Waals surface area contributed by atoms with Gasteiger partial charge in [-0.15, -0.1) is 0 Å². The van der Waals surface area contributed by atoms with E-state index in [1.54, 1.807) is 0 Å². The van der Waals surface area contributed by atoms with E-state index < -0.39 is 0 Å². The SMILES string of the molecule is Cc1ccc(N2CCC(CON)C2)c(Br)c1. The Hall–Kier alpha value is -0.580. The normalized spacial score (nSPS) is 20.4. The predicted octanol–water partition coefficient (Wildman–Crippen LogP) is 2.47. The van der Waals surface area contributed by atoms with Gasteiger partial charge in [-0.2, -0.15) is 0 Å². The average molecular weight is 285 g/mol. The Bertz CT molecular complexity index is 370. The van der Waals surface area contributed by atoms with Gasteiger partial charge in [0, 0.05) is 23.5 Å². The third-order valence-electron chi connectivity index (χ3n) is 3.06. The molecular formula is C12H17BrN2O. The van der Waals surface area contributed by atoms with Crippen LogP contribution in [0.1, 0.15) is 12.0 Å². The first-order chi connectivity index (χ1) is 7.70. The summed E-state index contributed by atoms with van der Waals surface area (Å²) in [6.45, 7) is 4.86. The number of nitrogens with zero attached hydrogens (tertiary/aromatic N) is 1. The van der Waals surface area contributed by atoms with Gasteiger partial charge in [0.1, 0.15) is 0 Å². The zero-order valence-electron chi connectivity index (χ0n) is 9.45. The highest BCUT2D eigenvalue weighted by molar-refractivity contribution is 9.10. The van der Waals surface area contributed by atoms with Gasteiger partial charge in [0.25, 0.3) is 0 Å². The first-order valence-corrected chi connectivity index (χ1v) is 6.33. The number of hydrogen-bond acceptors (Lipinski definition) is 3. The van der Waals surface area contributed by atoms with Crippen molar-refractivity contribution in [2.24, 2.45) is 11.8 Å². The number of halogens is 1. The lowest BCUT2D eigenvalue weighted by Crippen LogP contribution is -2.22. The molecule has 16 heavy (non-hydrogen) atoms. The summed E-state index contributed by atoms with van der Waals surface area (Å²) >= 11 is 3.62. The number of nitrogens with two attached hydrogens (primary N) is 1. The van der Waals surface area contributed by atoms with Gasteiger partial charge in [0.15, 0.2) is 0 Å². The fourth-order valence-electron chi connectivity index (χ4n) is 2.19. The van der Waals surface area contributed by atoms with Crippen LogP contribution in [0.25, 0.3) is 0 Å². The molecule has 0 radical (unpaired) electrons. The van der Waals surface area contributed by atoms with Gasteiger partial charge in [0.2, 0.25) is 0 Å². The summed E-state index contributed by atoms with van der Waals surface area (Å²) in [5.41, 5.74) is 2.54. The summed E-state index contributed by atoms with van der Waals surface area (Å²) in [6.07, 6.45) is 1.15. The molecule has 0 bridgehead atoms. The molecule has 3 nitrogen and oxygen atoms in total. The minimum Gasteiger partial charge on any atom is -0.370 e. The Morgan fingerprint density at radius 3 is 3.06 bits per heavy atom. The first kappa shape index (κ1) is 11.9. The van der Waals surface area contributed by atoms with E-state index in [-0.39, 0.29) is 0 Å². The summed E-state index contributed by atoms with van der Waals surface area (Å²) in [7, 11) is 0. The second-order valence-corrected chi connectivity index (χ2v) is 5.24. The standard InChI is InChI=1S/C12H17BrN2O/c1-9-2-3-12(11(13)6-9)15-5-4-10(7-15)8-16-14/h2-3,6,10H,4-5,7-8,14H2,1H3. The molecule has 1 saturated heterocycles. The van der Waals surface area contributed by atoms with Crippen molar-refractivity contribution in [2.45, 2.75) is 13.3 Å². The minimum absolute atomic E-state index is 0.554. The van der Waals surface area contributed by atoms with Gasteiger partial charge >= 0.3 is 0 Å². The molecule has 1 heterocycles. The zero-order valence-corrected chi connectivity index (χ0v) is 11.0. The van der Waals surface area contributed by atoms with Crippen LogP contribution < -0.4 is 10.8 Å². The monoisotopic (exact) mass is 284 g/mol. The third-order valence-corrected chi connectivity index (χ3v) is 3.70. The van der Waals surface area contributed by atoms with Crippen LogP contribution in [0, 0.1) is 12.8 Å². The molecule has 0 amide bonds. The minimum atomic E-state index is 0.554. The third kappa shape index (κ3) is 2.56. The van der Waals surface area contributed by atoms with Crippen LogP contribution in [0.5, 0.6) is 0 Å². The molecule has 1 aromatic rings. The van der Waals surface area contributed by atoms with Crippen molar-refractivity contribution < 1.29 is 4.84 Å². The van der Waals surface area contributed by atoms with Crippen LogP contribution >= 0.6 is 15.9 Å². The van der Waals surface area contributed by atoms with Gasteiger partial charge < -0.3 is 9.74 Å². The van der Waals surface area contributed by atoms with Gasteiger partial charge in [-0.25, -0.2) is 5.90 Å². The lowest BCUT2D eigenvalue weighted by molar-refractivity contribution is 0.108. The van der Waals surface area contributed by atoms with Crippen molar-refractivity contribution >= 4 is 21.6 Å². The molecule has 1 fully saturated rings. The van der Waals surface area contributed by atoms with Crippen molar-refractivity contribution in [3.63, 3.8) is 0 Å². The maximum Gasteiger partial charge on any atom is 0.0724 e. The predicted molar refractivity (Wildman–Crippen MR) is 69.3 cm³/mol. The highest BCUT2D eigenvalue weighted by Crippen LogP contribution is 2.31. The van der Waals surface area contributed by atoms with Crippen LogP contribution in [0.15, 0.2) is 22.7 Å². The molecule has 2 rings (SSSR count). The van der Waals surface area contributed by atoms with E-state index in [4.69, 9.17) is 10.7 Å². The van der Waals surface area contributed by atoms with Crippen LogP contribution in [0.3, 0.4) is 0 Å². The highest BCUT2D eigenvalue weighted by atomic mass is 79.9. The fraction of sp³-hybridized carbons (Fsp3) is 0.500. The second-order valence-electron chi connectivity index (χ2n) is 4.39. The lowest BCUT2D eigenvalue weighted by Gasteiger charge is -2.20. The number of anilines is 1. The molecule has 0 saturated carbocycles. The summed E-state index contributed by atoms with van der Waals surface area (Å²) in [4.78, 5) is 7.10. The van der Waals surface area contributed by atoms with E-state index in [0.29, 0.717) is 12.5 Å². The van der Waals surface area contributed by atoms with Crippen LogP contribution in [0.4, 0.5) is 5.69 Å². The van der Waals surface area contributed by atoms with Crippen LogP contribution in [-0.2, 0) is 4.84 Å². The molecule has 0 aliphatic carbocycles. The van der Waals surface area contributed by atoms with Gasteiger partial charge in [-0.1, -0.05) is 6.07 Å². The van der Waals surface area contributed by atoms with Crippen molar-refractivity contribution in [3.05, 3.63) is 28.2 Å². The number of hydrogen-bond donors (Lipinski definition) is 1. The lowest BCUT2D eigenvalue weighted by atomic mass is 10.1. The molecule has 4 heteroatoms. The van der Waals surface area contributed by atoms with E-state index >= 15 is 0 Å². The number of rotatable bonds is 3. The van der Waals surface area contributed by atoms with Gasteiger partial charge in [0.05, 0.1) is 12.3 Å². The summed E-state index contributed by atoms with van der Waals surface area (Å²) < 4.78 is 1.17. The molecule has 2 N–H and O–H groups in total. The Kier molecular flexibility index (Phi) is 3.84. The smallest absolute Gasteiger partial charge is 0.0724 e. The van der Waals surface area contributed by atoms with Gasteiger partial charge in [-0.3, -0.25) is 0 Å². The van der Waals surface area contributed by atoms with E-state index in [1.807, 2.05) is 0 Å². The van der Waals surface area contributed by atoms with Crippen molar-refractivity contribution in [3.8, 4) is 0 Å². The largest absolute Gasteiger partial charge is 0.370 e.